The molecule has 0 saturated carbocycles. The molecule has 0 fully saturated rings. The summed E-state index contributed by atoms with van der Waals surface area (Å²) in [7, 11) is 0. The van der Waals surface area contributed by atoms with Crippen molar-refractivity contribution >= 4 is 22.7 Å². The lowest BCUT2D eigenvalue weighted by Gasteiger charge is -2.17. The number of fused-ring (bicyclic) bond motifs is 1. The van der Waals surface area contributed by atoms with Crippen molar-refractivity contribution in [3.63, 3.8) is 0 Å². The third kappa shape index (κ3) is 3.16. The van der Waals surface area contributed by atoms with Crippen molar-refractivity contribution in [2.24, 2.45) is 5.41 Å². The number of benzene rings is 1. The first-order valence-electron chi connectivity index (χ1n) is 7.28. The van der Waals surface area contributed by atoms with Gasteiger partial charge in [-0.1, -0.05) is 39.0 Å². The molecule has 4 heteroatoms. The Morgan fingerprint density at radius 2 is 1.77 bits per heavy atom. The third-order valence-electron chi connectivity index (χ3n) is 3.71. The van der Waals surface area contributed by atoms with Gasteiger partial charge in [-0.25, -0.2) is 4.79 Å². The highest BCUT2D eigenvalue weighted by atomic mass is 16.5. The fourth-order valence-corrected chi connectivity index (χ4v) is 2.25. The second-order valence-corrected chi connectivity index (χ2v) is 6.46. The minimum absolute atomic E-state index is 0.107. The Balaban J connectivity index is 2.31. The molecule has 116 valence electrons. The number of aryl methyl sites for hydroxylation is 2. The van der Waals surface area contributed by atoms with Gasteiger partial charge in [-0.3, -0.25) is 9.78 Å². The van der Waals surface area contributed by atoms with Gasteiger partial charge < -0.3 is 4.74 Å². The van der Waals surface area contributed by atoms with E-state index >= 15 is 0 Å². The molecule has 0 N–H and O–H groups in total. The fourth-order valence-electron chi connectivity index (χ4n) is 2.25. The monoisotopic (exact) mass is 299 g/mol. The first-order chi connectivity index (χ1) is 10.2. The van der Waals surface area contributed by atoms with E-state index in [1.165, 1.54) is 0 Å². The van der Waals surface area contributed by atoms with Gasteiger partial charge in [-0.15, -0.1) is 0 Å². The highest BCUT2D eigenvalue weighted by Gasteiger charge is 2.24. The first kappa shape index (κ1) is 16.1. The number of ether oxygens (including phenoxy) is 1. The maximum atomic E-state index is 12.3. The van der Waals surface area contributed by atoms with Crippen LogP contribution in [-0.4, -0.2) is 23.3 Å². The summed E-state index contributed by atoms with van der Waals surface area (Å²) in [5.41, 5.74) is 2.22. The van der Waals surface area contributed by atoms with Gasteiger partial charge in [-0.2, -0.15) is 0 Å². The van der Waals surface area contributed by atoms with Gasteiger partial charge in [-0.05, 0) is 25.5 Å². The summed E-state index contributed by atoms with van der Waals surface area (Å²) in [5.74, 6) is -0.601. The topological polar surface area (TPSA) is 56.3 Å². The van der Waals surface area contributed by atoms with Gasteiger partial charge in [0.15, 0.2) is 12.4 Å². The molecule has 0 aliphatic heterocycles. The molecule has 4 nitrogen and oxygen atoms in total. The molecule has 0 aliphatic rings. The van der Waals surface area contributed by atoms with Crippen LogP contribution in [0.5, 0.6) is 0 Å². The molecule has 0 unspecified atom stereocenters. The van der Waals surface area contributed by atoms with Crippen LogP contribution in [0.2, 0.25) is 0 Å². The molecule has 0 atom stereocenters. The van der Waals surface area contributed by atoms with E-state index in [2.05, 4.69) is 4.98 Å². The van der Waals surface area contributed by atoms with Crippen molar-refractivity contribution in [2.75, 3.05) is 6.61 Å². The number of carbonyl (C=O) groups excluding carboxylic acids is 2. The smallest absolute Gasteiger partial charge is 0.340 e. The Labute approximate surface area is 130 Å². The van der Waals surface area contributed by atoms with Crippen LogP contribution in [0.15, 0.2) is 24.3 Å². The van der Waals surface area contributed by atoms with Crippen LogP contribution in [0, 0.1) is 19.3 Å². The number of pyridine rings is 1. The summed E-state index contributed by atoms with van der Waals surface area (Å²) in [6.45, 7) is 8.85. The fraction of sp³-hybridized carbons (Fsp3) is 0.389. The van der Waals surface area contributed by atoms with Crippen molar-refractivity contribution in [1.82, 2.24) is 4.98 Å². The maximum absolute atomic E-state index is 12.3. The Hall–Kier alpha value is -2.23. The summed E-state index contributed by atoms with van der Waals surface area (Å²) in [6.07, 6.45) is 0. The molecule has 0 amide bonds. The van der Waals surface area contributed by atoms with E-state index in [9.17, 15) is 9.59 Å². The summed E-state index contributed by atoms with van der Waals surface area (Å²) in [4.78, 5) is 28.7. The van der Waals surface area contributed by atoms with E-state index in [1.807, 2.05) is 31.2 Å². The summed E-state index contributed by atoms with van der Waals surface area (Å²) in [6, 6.07) is 7.65. The number of rotatable bonds is 3. The van der Waals surface area contributed by atoms with Crippen molar-refractivity contribution in [1.29, 1.82) is 0 Å². The number of aromatic nitrogens is 1. The molecule has 0 bridgehead atoms. The summed E-state index contributed by atoms with van der Waals surface area (Å²) in [5, 5.41) is 0.919. The van der Waals surface area contributed by atoms with Crippen LogP contribution < -0.4 is 0 Å². The van der Waals surface area contributed by atoms with Crippen molar-refractivity contribution in [3.8, 4) is 0 Å². The van der Waals surface area contributed by atoms with Gasteiger partial charge in [0.2, 0.25) is 0 Å². The zero-order chi connectivity index (χ0) is 16.5. The quantitative estimate of drug-likeness (QED) is 0.812. The van der Waals surface area contributed by atoms with E-state index < -0.39 is 11.4 Å². The normalized spacial score (nSPS) is 11.5. The van der Waals surface area contributed by atoms with Crippen LogP contribution in [0.1, 0.15) is 42.4 Å². The lowest BCUT2D eigenvalue weighted by atomic mass is 9.91. The van der Waals surface area contributed by atoms with E-state index in [0.717, 1.165) is 16.5 Å². The van der Waals surface area contributed by atoms with Gasteiger partial charge in [0.25, 0.3) is 0 Å². The third-order valence-corrected chi connectivity index (χ3v) is 3.71. The van der Waals surface area contributed by atoms with Crippen molar-refractivity contribution in [3.05, 3.63) is 41.1 Å². The molecule has 2 rings (SSSR count). The minimum atomic E-state index is -0.522. The van der Waals surface area contributed by atoms with Crippen LogP contribution >= 0.6 is 0 Å². The molecule has 22 heavy (non-hydrogen) atoms. The SMILES string of the molecule is Cc1nc2ccccc2c(C)c1C(=O)OCC(=O)C(C)(C)C. The number of carbonyl (C=O) groups is 2. The zero-order valence-corrected chi connectivity index (χ0v) is 13.7. The molecule has 0 saturated heterocycles. The Kier molecular flexibility index (Phi) is 4.31. The minimum Gasteiger partial charge on any atom is -0.454 e. The Morgan fingerprint density at radius 1 is 1.14 bits per heavy atom. The van der Waals surface area contributed by atoms with E-state index in [1.54, 1.807) is 27.7 Å². The number of esters is 1. The number of hydrogen-bond acceptors (Lipinski definition) is 4. The summed E-state index contributed by atoms with van der Waals surface area (Å²) < 4.78 is 5.20. The number of hydrogen-bond donors (Lipinski definition) is 0. The molecule has 0 aliphatic carbocycles. The second kappa shape index (κ2) is 5.87. The van der Waals surface area contributed by atoms with Gasteiger partial charge >= 0.3 is 5.97 Å². The van der Waals surface area contributed by atoms with Gasteiger partial charge in [0.05, 0.1) is 16.8 Å². The molecule has 0 spiro atoms. The zero-order valence-electron chi connectivity index (χ0n) is 13.7. The molecular weight excluding hydrogens is 278 g/mol. The second-order valence-electron chi connectivity index (χ2n) is 6.46. The predicted molar refractivity (Wildman–Crippen MR) is 86.0 cm³/mol. The lowest BCUT2D eigenvalue weighted by Crippen LogP contribution is -2.26. The van der Waals surface area contributed by atoms with Gasteiger partial charge in [0, 0.05) is 10.8 Å². The lowest BCUT2D eigenvalue weighted by molar-refractivity contribution is -0.129. The standard InChI is InChI=1S/C18H21NO3/c1-11-13-8-6-7-9-14(13)19-12(2)16(11)17(21)22-10-15(20)18(3,4)5/h6-9H,10H2,1-5H3. The maximum Gasteiger partial charge on any atom is 0.340 e. The number of nitrogens with zero attached hydrogens (tertiary/aromatic N) is 1. The van der Waals surface area contributed by atoms with E-state index in [-0.39, 0.29) is 12.4 Å². The average molecular weight is 299 g/mol. The summed E-state index contributed by atoms with van der Waals surface area (Å²) >= 11 is 0. The number of Topliss-reactive ketones (excluding diaryl/α,β-unsaturated/α-hetero) is 1. The van der Waals surface area contributed by atoms with Crippen LogP contribution in [0.3, 0.4) is 0 Å². The molecule has 0 radical (unpaired) electrons. The highest BCUT2D eigenvalue weighted by Crippen LogP contribution is 2.23. The predicted octanol–water partition coefficient (Wildman–Crippen LogP) is 3.62. The molecule has 1 aromatic carbocycles. The van der Waals surface area contributed by atoms with Crippen LogP contribution in [0.25, 0.3) is 10.9 Å². The van der Waals surface area contributed by atoms with Gasteiger partial charge in [0.1, 0.15) is 0 Å². The molecule has 1 aromatic heterocycles. The van der Waals surface area contributed by atoms with Crippen molar-refractivity contribution in [2.45, 2.75) is 34.6 Å². The van der Waals surface area contributed by atoms with Crippen LogP contribution in [0.4, 0.5) is 0 Å². The first-order valence-corrected chi connectivity index (χ1v) is 7.28. The Morgan fingerprint density at radius 3 is 2.41 bits per heavy atom. The average Bonchev–Trinajstić information content (AvgIpc) is 2.43. The van der Waals surface area contributed by atoms with E-state index in [4.69, 9.17) is 4.74 Å². The highest BCUT2D eigenvalue weighted by molar-refractivity contribution is 5.99. The molecule has 2 aromatic rings. The largest absolute Gasteiger partial charge is 0.454 e. The van der Waals surface area contributed by atoms with Crippen molar-refractivity contribution < 1.29 is 14.3 Å². The van der Waals surface area contributed by atoms with Crippen LogP contribution in [-0.2, 0) is 9.53 Å². The Bertz CT molecular complexity index is 742. The number of ketones is 1. The molecule has 1 heterocycles. The van der Waals surface area contributed by atoms with E-state index in [0.29, 0.717) is 11.3 Å². The number of para-hydroxylation sites is 1. The molecular formula is C18H21NO3.